The molecular formula is C23H28ClNO6S. The van der Waals surface area contributed by atoms with Crippen LogP contribution in [0, 0.1) is 0 Å². The minimum absolute atomic E-state index is 0.116. The predicted octanol–water partition coefficient (Wildman–Crippen LogP) is 4.22. The minimum atomic E-state index is -3.57. The number of sulfone groups is 1. The number of halogens is 1. The van der Waals surface area contributed by atoms with Crippen molar-refractivity contribution >= 4 is 27.3 Å². The summed E-state index contributed by atoms with van der Waals surface area (Å²) in [7, 11) is -3.57. The van der Waals surface area contributed by atoms with Crippen molar-refractivity contribution in [3.63, 3.8) is 0 Å². The number of carbonyl (C=O) groups excluding carboxylic acids is 1. The fourth-order valence-electron chi connectivity index (χ4n) is 3.68. The van der Waals surface area contributed by atoms with Crippen LogP contribution in [0.15, 0.2) is 41.3 Å². The molecule has 0 N–H and O–H groups in total. The molecule has 0 saturated carbocycles. The van der Waals surface area contributed by atoms with Crippen molar-refractivity contribution in [3.8, 4) is 17.2 Å². The normalized spacial score (nSPS) is 16.1. The third-order valence-electron chi connectivity index (χ3n) is 5.17. The van der Waals surface area contributed by atoms with E-state index in [9.17, 15) is 13.2 Å². The van der Waals surface area contributed by atoms with Gasteiger partial charge in [-0.2, -0.15) is 0 Å². The van der Waals surface area contributed by atoms with E-state index in [1.165, 1.54) is 12.1 Å². The van der Waals surface area contributed by atoms with Crippen molar-refractivity contribution in [3.05, 3.63) is 47.0 Å². The molecular weight excluding hydrogens is 454 g/mol. The molecule has 1 amide bonds. The standard InChI is InChI=1S/C23H28ClNO6S/c1-4-29-20-13-16(14-21(30-5-2)22(20)31-6-3)23(26)25-12-11-19(15-25)32(27,28)18-9-7-17(24)8-10-18/h7-10,13-14,19H,4-6,11-12,15H2,1-3H3. The monoisotopic (exact) mass is 481 g/mol. The summed E-state index contributed by atoms with van der Waals surface area (Å²) in [6.45, 7) is 7.22. The lowest BCUT2D eigenvalue weighted by Gasteiger charge is -2.20. The van der Waals surface area contributed by atoms with E-state index in [1.807, 2.05) is 20.8 Å². The van der Waals surface area contributed by atoms with Gasteiger partial charge in [0, 0.05) is 23.7 Å². The highest BCUT2D eigenvalue weighted by molar-refractivity contribution is 7.92. The van der Waals surface area contributed by atoms with Crippen molar-refractivity contribution < 1.29 is 27.4 Å². The second-order valence-electron chi connectivity index (χ2n) is 7.26. The lowest BCUT2D eigenvalue weighted by Crippen LogP contribution is -2.32. The molecule has 9 heteroatoms. The number of benzene rings is 2. The molecule has 0 aliphatic carbocycles. The minimum Gasteiger partial charge on any atom is -0.490 e. The topological polar surface area (TPSA) is 82.1 Å². The van der Waals surface area contributed by atoms with Crippen molar-refractivity contribution in [2.75, 3.05) is 32.9 Å². The SMILES string of the molecule is CCOc1cc(C(=O)N2CCC(S(=O)(=O)c3ccc(Cl)cc3)C2)cc(OCC)c1OCC. The Balaban J connectivity index is 1.85. The molecule has 174 valence electrons. The molecule has 1 atom stereocenters. The van der Waals surface area contributed by atoms with Crippen LogP contribution in [0.5, 0.6) is 17.2 Å². The molecule has 3 rings (SSSR count). The quantitative estimate of drug-likeness (QED) is 0.533. The second kappa shape index (κ2) is 10.4. The average molecular weight is 482 g/mol. The molecule has 0 bridgehead atoms. The highest BCUT2D eigenvalue weighted by Crippen LogP contribution is 2.39. The van der Waals surface area contributed by atoms with Crippen LogP contribution in [-0.4, -0.2) is 57.4 Å². The van der Waals surface area contributed by atoms with E-state index in [2.05, 4.69) is 0 Å². The molecule has 1 saturated heterocycles. The van der Waals surface area contributed by atoms with Crippen molar-refractivity contribution in [2.24, 2.45) is 0 Å². The molecule has 1 aliphatic rings. The summed E-state index contributed by atoms with van der Waals surface area (Å²) in [5.41, 5.74) is 0.366. The Morgan fingerprint density at radius 3 is 2.09 bits per heavy atom. The summed E-state index contributed by atoms with van der Waals surface area (Å²) < 4.78 is 43.1. The van der Waals surface area contributed by atoms with Gasteiger partial charge >= 0.3 is 0 Å². The summed E-state index contributed by atoms with van der Waals surface area (Å²) in [6, 6.07) is 9.35. The van der Waals surface area contributed by atoms with E-state index in [1.54, 1.807) is 29.2 Å². The van der Waals surface area contributed by atoms with Crippen LogP contribution in [0.4, 0.5) is 0 Å². The first-order valence-electron chi connectivity index (χ1n) is 10.7. The highest BCUT2D eigenvalue weighted by atomic mass is 35.5. The van der Waals surface area contributed by atoms with Crippen LogP contribution >= 0.6 is 11.6 Å². The van der Waals surface area contributed by atoms with Crippen LogP contribution in [0.2, 0.25) is 5.02 Å². The van der Waals surface area contributed by atoms with Gasteiger partial charge in [-0.3, -0.25) is 4.79 Å². The Kier molecular flexibility index (Phi) is 7.90. The summed E-state index contributed by atoms with van der Waals surface area (Å²) in [5, 5.41) is -0.203. The molecule has 1 fully saturated rings. The zero-order valence-electron chi connectivity index (χ0n) is 18.5. The van der Waals surface area contributed by atoms with Gasteiger partial charge in [0.2, 0.25) is 5.75 Å². The third-order valence-corrected chi connectivity index (χ3v) is 7.61. The maximum Gasteiger partial charge on any atom is 0.254 e. The zero-order valence-corrected chi connectivity index (χ0v) is 20.0. The summed E-state index contributed by atoms with van der Waals surface area (Å²) in [5.74, 6) is 1.03. The van der Waals surface area contributed by atoms with Crippen LogP contribution in [0.25, 0.3) is 0 Å². The first-order valence-corrected chi connectivity index (χ1v) is 12.6. The van der Waals surface area contributed by atoms with E-state index in [4.69, 9.17) is 25.8 Å². The number of hydrogen-bond donors (Lipinski definition) is 0. The van der Waals surface area contributed by atoms with Gasteiger partial charge in [0.25, 0.3) is 5.91 Å². The van der Waals surface area contributed by atoms with E-state index >= 15 is 0 Å². The van der Waals surface area contributed by atoms with Crippen LogP contribution in [0.1, 0.15) is 37.6 Å². The number of likely N-dealkylation sites (tertiary alicyclic amines) is 1. The molecule has 0 aromatic heterocycles. The van der Waals surface area contributed by atoms with Gasteiger partial charge in [-0.05, 0) is 63.6 Å². The molecule has 2 aromatic rings. The third kappa shape index (κ3) is 5.13. The lowest BCUT2D eigenvalue weighted by atomic mass is 10.1. The number of carbonyl (C=O) groups is 1. The predicted molar refractivity (Wildman–Crippen MR) is 123 cm³/mol. The summed E-state index contributed by atoms with van der Waals surface area (Å²) in [4.78, 5) is 15.0. The molecule has 2 aromatic carbocycles. The number of amides is 1. The van der Waals surface area contributed by atoms with Crippen LogP contribution in [-0.2, 0) is 9.84 Å². The molecule has 0 radical (unpaired) electrons. The first-order chi connectivity index (χ1) is 15.3. The number of ether oxygens (including phenoxy) is 3. The van der Waals surface area contributed by atoms with Crippen molar-refractivity contribution in [2.45, 2.75) is 37.3 Å². The van der Waals surface area contributed by atoms with Crippen LogP contribution in [0.3, 0.4) is 0 Å². The van der Waals surface area contributed by atoms with E-state index in [0.717, 1.165) is 0 Å². The Morgan fingerprint density at radius 1 is 1.00 bits per heavy atom. The van der Waals surface area contributed by atoms with E-state index in [-0.39, 0.29) is 17.3 Å². The van der Waals surface area contributed by atoms with E-state index in [0.29, 0.717) is 60.6 Å². The van der Waals surface area contributed by atoms with Crippen molar-refractivity contribution in [1.29, 1.82) is 0 Å². The number of rotatable bonds is 9. The van der Waals surface area contributed by atoms with E-state index < -0.39 is 15.1 Å². The average Bonchev–Trinajstić information content (AvgIpc) is 3.27. The Bertz CT molecular complexity index is 1030. The number of hydrogen-bond acceptors (Lipinski definition) is 6. The number of nitrogens with zero attached hydrogens (tertiary/aromatic N) is 1. The van der Waals surface area contributed by atoms with Gasteiger partial charge in [-0.15, -0.1) is 0 Å². The summed E-state index contributed by atoms with van der Waals surface area (Å²) >= 11 is 5.88. The molecule has 7 nitrogen and oxygen atoms in total. The van der Waals surface area contributed by atoms with Gasteiger partial charge in [0.15, 0.2) is 21.3 Å². The van der Waals surface area contributed by atoms with Crippen LogP contribution < -0.4 is 14.2 Å². The zero-order chi connectivity index (χ0) is 23.3. The molecule has 1 aliphatic heterocycles. The first kappa shape index (κ1) is 24.2. The fourth-order valence-corrected chi connectivity index (χ4v) is 5.50. The van der Waals surface area contributed by atoms with Crippen molar-refractivity contribution in [1.82, 2.24) is 4.90 Å². The molecule has 1 heterocycles. The molecule has 32 heavy (non-hydrogen) atoms. The maximum absolute atomic E-state index is 13.2. The second-order valence-corrected chi connectivity index (χ2v) is 9.93. The van der Waals surface area contributed by atoms with Gasteiger partial charge in [-0.25, -0.2) is 8.42 Å². The Morgan fingerprint density at radius 2 is 1.56 bits per heavy atom. The lowest BCUT2D eigenvalue weighted by molar-refractivity contribution is 0.0792. The summed E-state index contributed by atoms with van der Waals surface area (Å²) in [6.07, 6.45) is 0.365. The molecule has 1 unspecified atom stereocenters. The molecule has 0 spiro atoms. The van der Waals surface area contributed by atoms with Gasteiger partial charge in [0.05, 0.1) is 30.0 Å². The Hall–Kier alpha value is -2.45. The Labute approximate surface area is 194 Å². The highest BCUT2D eigenvalue weighted by Gasteiger charge is 2.36. The van der Waals surface area contributed by atoms with Gasteiger partial charge in [-0.1, -0.05) is 11.6 Å². The van der Waals surface area contributed by atoms with Gasteiger partial charge < -0.3 is 19.1 Å². The largest absolute Gasteiger partial charge is 0.490 e. The fraction of sp³-hybridized carbons (Fsp3) is 0.435. The van der Waals surface area contributed by atoms with Gasteiger partial charge in [0.1, 0.15) is 0 Å². The maximum atomic E-state index is 13.2. The smallest absolute Gasteiger partial charge is 0.254 e.